The molecule has 10 aromatic carbocycles. The zero-order valence-corrected chi connectivity index (χ0v) is 32.8. The van der Waals surface area contributed by atoms with E-state index in [2.05, 4.69) is 217 Å². The molecule has 0 amide bonds. The minimum Gasteiger partial charge on any atom is -0.455 e. The Labute approximate surface area is 345 Å². The molecule has 0 atom stereocenters. The number of thiophene rings is 1. The summed E-state index contributed by atoms with van der Waals surface area (Å²) in [5.74, 6) is 0. The molecule has 0 aliphatic heterocycles. The summed E-state index contributed by atoms with van der Waals surface area (Å²) in [5, 5.41) is 9.67. The lowest BCUT2D eigenvalue weighted by atomic mass is 9.96. The van der Waals surface area contributed by atoms with Gasteiger partial charge in [-0.05, 0) is 98.6 Å². The molecule has 0 aliphatic carbocycles. The van der Waals surface area contributed by atoms with Gasteiger partial charge in [0.2, 0.25) is 0 Å². The van der Waals surface area contributed by atoms with Crippen LogP contribution in [-0.4, -0.2) is 0 Å². The molecule has 276 valence electrons. The van der Waals surface area contributed by atoms with E-state index in [1.165, 1.54) is 64.0 Å². The molecule has 0 saturated heterocycles. The summed E-state index contributed by atoms with van der Waals surface area (Å²) < 4.78 is 9.50. The second kappa shape index (κ2) is 13.6. The van der Waals surface area contributed by atoms with E-state index in [1.807, 2.05) is 11.3 Å². The van der Waals surface area contributed by atoms with Crippen molar-refractivity contribution in [1.82, 2.24) is 0 Å². The number of benzene rings is 10. The molecule has 0 spiro atoms. The van der Waals surface area contributed by atoms with Crippen LogP contribution in [0.25, 0.3) is 97.0 Å². The summed E-state index contributed by atoms with van der Waals surface area (Å²) >= 11 is 1.86. The lowest BCUT2D eigenvalue weighted by molar-refractivity contribution is 0.670. The van der Waals surface area contributed by atoms with Gasteiger partial charge in [0.15, 0.2) is 0 Å². The zero-order chi connectivity index (χ0) is 38.9. The van der Waals surface area contributed by atoms with Gasteiger partial charge in [0.05, 0.1) is 16.8 Å². The van der Waals surface area contributed by atoms with E-state index < -0.39 is 0 Å². The first-order valence-electron chi connectivity index (χ1n) is 20.1. The smallest absolute Gasteiger partial charge is 0.145 e. The van der Waals surface area contributed by atoms with E-state index in [0.717, 1.165) is 50.1 Å². The summed E-state index contributed by atoms with van der Waals surface area (Å²) in [5.41, 5.74) is 12.0. The Morgan fingerprint density at radius 1 is 0.356 bits per heavy atom. The number of nitrogens with zero attached hydrogens (tertiary/aromatic N) is 1. The summed E-state index contributed by atoms with van der Waals surface area (Å²) in [6.45, 7) is 0. The highest BCUT2D eigenvalue weighted by Crippen LogP contribution is 2.48. The van der Waals surface area contributed by atoms with E-state index >= 15 is 0 Å². The van der Waals surface area contributed by atoms with E-state index in [1.54, 1.807) is 0 Å². The van der Waals surface area contributed by atoms with Crippen LogP contribution < -0.4 is 4.90 Å². The topological polar surface area (TPSA) is 16.4 Å². The fourth-order valence-corrected chi connectivity index (χ4v) is 10.1. The Morgan fingerprint density at radius 3 is 1.86 bits per heavy atom. The van der Waals surface area contributed by atoms with Gasteiger partial charge < -0.3 is 9.32 Å². The maximum Gasteiger partial charge on any atom is 0.145 e. The van der Waals surface area contributed by atoms with Gasteiger partial charge in [0, 0.05) is 42.2 Å². The van der Waals surface area contributed by atoms with Crippen molar-refractivity contribution in [1.29, 1.82) is 0 Å². The van der Waals surface area contributed by atoms with Gasteiger partial charge in [-0.15, -0.1) is 11.3 Å². The maximum absolute atomic E-state index is 6.87. The van der Waals surface area contributed by atoms with E-state index in [9.17, 15) is 0 Å². The van der Waals surface area contributed by atoms with Gasteiger partial charge in [-0.2, -0.15) is 0 Å². The van der Waals surface area contributed by atoms with Crippen LogP contribution in [0.3, 0.4) is 0 Å². The minimum absolute atomic E-state index is 0.868. The number of furan rings is 1. The lowest BCUT2D eigenvalue weighted by Crippen LogP contribution is -2.11. The highest BCUT2D eigenvalue weighted by atomic mass is 32.1. The molecular weight excluding hydrogens is 735 g/mol. The lowest BCUT2D eigenvalue weighted by Gasteiger charge is -2.28. The average molecular weight is 770 g/mol. The molecular formula is C56H35NOS. The number of anilines is 3. The molecule has 12 rings (SSSR count). The van der Waals surface area contributed by atoms with Crippen LogP contribution in [0.4, 0.5) is 17.1 Å². The molecule has 0 bridgehead atoms. The molecule has 0 N–H and O–H groups in total. The number of hydrogen-bond donors (Lipinski definition) is 0. The summed E-state index contributed by atoms with van der Waals surface area (Å²) in [4.78, 5) is 2.43. The normalized spacial score (nSPS) is 11.7. The molecule has 0 unspecified atom stereocenters. The van der Waals surface area contributed by atoms with Crippen LogP contribution in [-0.2, 0) is 0 Å². The van der Waals surface area contributed by atoms with Gasteiger partial charge in [-0.1, -0.05) is 158 Å². The molecule has 2 heterocycles. The first-order chi connectivity index (χ1) is 29.2. The molecule has 2 aromatic heterocycles. The maximum atomic E-state index is 6.87. The van der Waals surface area contributed by atoms with Crippen LogP contribution in [0.2, 0.25) is 0 Å². The van der Waals surface area contributed by atoms with E-state index in [0.29, 0.717) is 0 Å². The highest BCUT2D eigenvalue weighted by molar-refractivity contribution is 7.25. The van der Waals surface area contributed by atoms with Crippen molar-refractivity contribution in [2.75, 3.05) is 4.90 Å². The van der Waals surface area contributed by atoms with Crippen LogP contribution >= 0.6 is 11.3 Å². The van der Waals surface area contributed by atoms with Gasteiger partial charge in [-0.3, -0.25) is 0 Å². The molecule has 0 radical (unpaired) electrons. The van der Waals surface area contributed by atoms with Crippen molar-refractivity contribution < 1.29 is 4.42 Å². The predicted octanol–water partition coefficient (Wildman–Crippen LogP) is 16.7. The van der Waals surface area contributed by atoms with Crippen LogP contribution in [0, 0.1) is 0 Å². The van der Waals surface area contributed by atoms with E-state index in [-0.39, 0.29) is 0 Å². The Balaban J connectivity index is 1.06. The van der Waals surface area contributed by atoms with Gasteiger partial charge in [0.1, 0.15) is 11.2 Å². The predicted molar refractivity (Wildman–Crippen MR) is 253 cm³/mol. The fourth-order valence-electron chi connectivity index (χ4n) is 9.03. The van der Waals surface area contributed by atoms with Gasteiger partial charge >= 0.3 is 0 Å². The van der Waals surface area contributed by atoms with Crippen LogP contribution in [0.1, 0.15) is 0 Å². The third-order valence-corrected chi connectivity index (χ3v) is 13.0. The van der Waals surface area contributed by atoms with Crippen molar-refractivity contribution in [3.63, 3.8) is 0 Å². The molecule has 0 fully saturated rings. The fraction of sp³-hybridized carbons (Fsp3) is 0. The largest absolute Gasteiger partial charge is 0.455 e. The SMILES string of the molecule is c1ccc(-c2ccc(-c3ccc(N(c4ccc(-c5ccc6sc7ccccc7c6c5)cc4)c4cccc5c4ccc4ccccc45)c4c3oc3ccccc34)cc2)cc1. The van der Waals surface area contributed by atoms with Crippen molar-refractivity contribution in [3.8, 4) is 33.4 Å². The van der Waals surface area contributed by atoms with Crippen LogP contribution in [0.15, 0.2) is 217 Å². The minimum atomic E-state index is 0.868. The Bertz CT molecular complexity index is 3540. The molecule has 12 aromatic rings. The quantitative estimate of drug-likeness (QED) is 0.157. The van der Waals surface area contributed by atoms with Crippen LogP contribution in [0.5, 0.6) is 0 Å². The number of fused-ring (bicyclic) bond motifs is 9. The molecule has 2 nitrogen and oxygen atoms in total. The van der Waals surface area contributed by atoms with Crippen molar-refractivity contribution >= 4 is 92.1 Å². The molecule has 59 heavy (non-hydrogen) atoms. The zero-order valence-electron chi connectivity index (χ0n) is 32.0. The Morgan fingerprint density at radius 2 is 1.00 bits per heavy atom. The first-order valence-corrected chi connectivity index (χ1v) is 20.9. The third-order valence-electron chi connectivity index (χ3n) is 11.9. The second-order valence-corrected chi connectivity index (χ2v) is 16.3. The Hall–Kier alpha value is -7.46. The van der Waals surface area contributed by atoms with E-state index in [4.69, 9.17) is 4.42 Å². The Kier molecular flexibility index (Phi) is 7.75. The highest BCUT2D eigenvalue weighted by Gasteiger charge is 2.24. The summed E-state index contributed by atoms with van der Waals surface area (Å²) in [6, 6.07) is 76.9. The monoisotopic (exact) mass is 769 g/mol. The summed E-state index contributed by atoms with van der Waals surface area (Å²) in [6.07, 6.45) is 0. The van der Waals surface area contributed by atoms with Crippen molar-refractivity contribution in [2.24, 2.45) is 0 Å². The average Bonchev–Trinajstić information content (AvgIpc) is 3.89. The van der Waals surface area contributed by atoms with Gasteiger partial charge in [0.25, 0.3) is 0 Å². The molecule has 0 aliphatic rings. The molecule has 0 saturated carbocycles. The number of hydrogen-bond acceptors (Lipinski definition) is 3. The van der Waals surface area contributed by atoms with Crippen molar-refractivity contribution in [2.45, 2.75) is 0 Å². The third kappa shape index (κ3) is 5.55. The standard InChI is InChI=1S/C56H35NOS/c1-2-11-36(12-3-1)37-21-23-40(24-22-37)44-32-33-51(55-48-16-6-8-19-52(48)58-56(44)55)57(50-18-10-17-45-43-14-5-4-13-39(43)27-31-46(45)50)42-29-25-38(26-30-42)41-28-34-54-49(35-41)47-15-7-9-20-53(47)59-54/h1-35H. The number of para-hydroxylation sites is 1. The van der Waals surface area contributed by atoms with Gasteiger partial charge in [-0.25, -0.2) is 0 Å². The first kappa shape index (κ1) is 33.7. The molecule has 3 heteroatoms. The number of rotatable bonds is 6. The van der Waals surface area contributed by atoms with Crippen molar-refractivity contribution in [3.05, 3.63) is 212 Å². The summed E-state index contributed by atoms with van der Waals surface area (Å²) in [7, 11) is 0. The second-order valence-electron chi connectivity index (χ2n) is 15.2.